The number of hydrogen-bond donors (Lipinski definition) is 2. The molecule has 3 aromatic carbocycles. The molecule has 0 spiro atoms. The highest BCUT2D eigenvalue weighted by Gasteiger charge is 2.15. The molecule has 3 aromatic rings. The fourth-order valence-corrected chi connectivity index (χ4v) is 4.61. The molecule has 0 aliphatic carbocycles. The van der Waals surface area contributed by atoms with E-state index in [2.05, 4.69) is 4.72 Å². The molecule has 0 aliphatic heterocycles. The molecule has 0 amide bonds. The summed E-state index contributed by atoms with van der Waals surface area (Å²) < 4.78 is 28.2. The van der Waals surface area contributed by atoms with E-state index in [1.165, 1.54) is 0 Å². The minimum Gasteiger partial charge on any atom is -0.478 e. The first-order valence-electron chi connectivity index (χ1n) is 10.4. The second-order valence-corrected chi connectivity index (χ2v) is 9.28. The largest absolute Gasteiger partial charge is 0.478 e. The minimum absolute atomic E-state index is 0.241. The topological polar surface area (TPSA) is 83.5 Å². The number of unbranched alkanes of at least 4 members (excludes halogenated alkanes) is 2. The number of aryl methyl sites for hydroxylation is 3. The second kappa shape index (κ2) is 10.3. The van der Waals surface area contributed by atoms with Crippen molar-refractivity contribution in [2.75, 3.05) is 4.72 Å². The number of para-hydroxylation sites is 1. The van der Waals surface area contributed by atoms with Gasteiger partial charge in [-0.05, 0) is 68.0 Å². The number of benzene rings is 3. The van der Waals surface area contributed by atoms with Crippen molar-refractivity contribution in [3.8, 4) is 0 Å². The van der Waals surface area contributed by atoms with Gasteiger partial charge in [0, 0.05) is 0 Å². The van der Waals surface area contributed by atoms with Gasteiger partial charge in [0.15, 0.2) is 0 Å². The maximum Gasteiger partial charge on any atom is 0.335 e. The molecule has 2 N–H and O–H groups in total. The van der Waals surface area contributed by atoms with Gasteiger partial charge in [-0.25, -0.2) is 13.2 Å². The summed E-state index contributed by atoms with van der Waals surface area (Å²) >= 11 is 0. The number of aromatic carboxylic acids is 1. The van der Waals surface area contributed by atoms with Gasteiger partial charge in [-0.15, -0.1) is 0 Å². The summed E-state index contributed by atoms with van der Waals surface area (Å²) in [6, 6.07) is 21.3. The SMILES string of the molecule is Cc1ccc(S(=O)(=O)Nc2ccccc2CCCCCc2ccccc2C(=O)O)cc1. The number of carbonyl (C=O) groups is 1. The van der Waals surface area contributed by atoms with Crippen LogP contribution in [0.4, 0.5) is 5.69 Å². The van der Waals surface area contributed by atoms with Gasteiger partial charge in [0.1, 0.15) is 0 Å². The van der Waals surface area contributed by atoms with Crippen molar-refractivity contribution in [3.63, 3.8) is 0 Å². The second-order valence-electron chi connectivity index (χ2n) is 7.60. The van der Waals surface area contributed by atoms with Crippen LogP contribution in [0.2, 0.25) is 0 Å². The summed E-state index contributed by atoms with van der Waals surface area (Å²) in [6.07, 6.45) is 4.14. The molecule has 3 rings (SSSR count). The van der Waals surface area contributed by atoms with Gasteiger partial charge in [0.2, 0.25) is 0 Å². The highest BCUT2D eigenvalue weighted by Crippen LogP contribution is 2.22. The lowest BCUT2D eigenvalue weighted by Crippen LogP contribution is -2.14. The van der Waals surface area contributed by atoms with Gasteiger partial charge in [0.05, 0.1) is 16.1 Å². The Balaban J connectivity index is 1.58. The molecular weight excluding hydrogens is 410 g/mol. The number of carboxylic acid groups (broad SMARTS) is 1. The predicted octanol–water partition coefficient (Wildman–Crippen LogP) is 5.45. The van der Waals surface area contributed by atoms with Crippen LogP contribution in [0.5, 0.6) is 0 Å². The van der Waals surface area contributed by atoms with Gasteiger partial charge in [-0.3, -0.25) is 4.72 Å². The summed E-state index contributed by atoms with van der Waals surface area (Å²) in [5.41, 5.74) is 3.76. The van der Waals surface area contributed by atoms with Crippen molar-refractivity contribution >= 4 is 21.7 Å². The Bertz CT molecular complexity index is 1140. The van der Waals surface area contributed by atoms with Gasteiger partial charge in [0.25, 0.3) is 10.0 Å². The lowest BCUT2D eigenvalue weighted by Gasteiger charge is -2.13. The molecule has 0 radical (unpaired) electrons. The molecule has 0 aromatic heterocycles. The normalized spacial score (nSPS) is 11.3. The number of nitrogens with one attached hydrogen (secondary N) is 1. The van der Waals surface area contributed by atoms with Crippen LogP contribution in [0, 0.1) is 6.92 Å². The average Bonchev–Trinajstić information content (AvgIpc) is 2.75. The Kier molecular flexibility index (Phi) is 7.47. The van der Waals surface area contributed by atoms with E-state index in [1.54, 1.807) is 42.5 Å². The lowest BCUT2D eigenvalue weighted by atomic mass is 9.99. The van der Waals surface area contributed by atoms with Crippen molar-refractivity contribution in [1.29, 1.82) is 0 Å². The molecule has 0 unspecified atom stereocenters. The summed E-state index contributed by atoms with van der Waals surface area (Å²) in [5, 5.41) is 9.28. The fraction of sp³-hybridized carbons (Fsp3) is 0.240. The molecule has 0 saturated heterocycles. The van der Waals surface area contributed by atoms with Gasteiger partial charge < -0.3 is 5.11 Å². The molecule has 162 valence electrons. The Morgan fingerprint density at radius 2 is 1.39 bits per heavy atom. The van der Waals surface area contributed by atoms with Crippen LogP contribution in [-0.2, 0) is 22.9 Å². The van der Waals surface area contributed by atoms with Gasteiger partial charge in [-0.1, -0.05) is 60.5 Å². The zero-order chi connectivity index (χ0) is 22.3. The molecule has 6 heteroatoms. The zero-order valence-electron chi connectivity index (χ0n) is 17.5. The zero-order valence-corrected chi connectivity index (χ0v) is 18.4. The Morgan fingerprint density at radius 3 is 2.06 bits per heavy atom. The lowest BCUT2D eigenvalue weighted by molar-refractivity contribution is 0.0695. The van der Waals surface area contributed by atoms with Crippen molar-refractivity contribution in [2.24, 2.45) is 0 Å². The molecule has 5 nitrogen and oxygen atoms in total. The monoisotopic (exact) mass is 437 g/mol. The smallest absolute Gasteiger partial charge is 0.335 e. The summed E-state index contributed by atoms with van der Waals surface area (Å²) in [4.78, 5) is 11.6. The van der Waals surface area contributed by atoms with Crippen LogP contribution in [0.15, 0.2) is 77.7 Å². The number of hydrogen-bond acceptors (Lipinski definition) is 3. The van der Waals surface area contributed by atoms with E-state index in [0.29, 0.717) is 17.7 Å². The third kappa shape index (κ3) is 6.18. The first-order chi connectivity index (χ1) is 14.9. The van der Waals surface area contributed by atoms with Crippen LogP contribution in [0.25, 0.3) is 0 Å². The Morgan fingerprint density at radius 1 is 0.806 bits per heavy atom. The van der Waals surface area contributed by atoms with Gasteiger partial charge >= 0.3 is 5.97 Å². The van der Waals surface area contributed by atoms with Gasteiger partial charge in [-0.2, -0.15) is 0 Å². The van der Waals surface area contributed by atoms with Crippen molar-refractivity contribution in [3.05, 3.63) is 95.1 Å². The first kappa shape index (κ1) is 22.6. The number of rotatable bonds is 10. The first-order valence-corrected chi connectivity index (χ1v) is 11.8. The average molecular weight is 438 g/mol. The number of carboxylic acids is 1. The molecule has 0 saturated carbocycles. The van der Waals surface area contributed by atoms with Crippen LogP contribution < -0.4 is 4.72 Å². The minimum atomic E-state index is -3.64. The molecule has 0 bridgehead atoms. The number of anilines is 1. The van der Waals surface area contributed by atoms with E-state index in [0.717, 1.165) is 42.4 Å². The van der Waals surface area contributed by atoms with Crippen LogP contribution in [0.3, 0.4) is 0 Å². The summed E-state index contributed by atoms with van der Waals surface area (Å²) in [5.74, 6) is -0.898. The molecule has 0 aliphatic rings. The van der Waals surface area contributed by atoms with Crippen LogP contribution >= 0.6 is 0 Å². The van der Waals surface area contributed by atoms with Crippen molar-refractivity contribution < 1.29 is 18.3 Å². The quantitative estimate of drug-likeness (QED) is 0.413. The van der Waals surface area contributed by atoms with Crippen molar-refractivity contribution in [2.45, 2.75) is 43.9 Å². The third-order valence-corrected chi connectivity index (χ3v) is 6.61. The standard InChI is InChI=1S/C25H27NO4S/c1-19-15-17-22(18-16-19)31(29,30)26-24-14-8-6-12-21(24)11-4-2-3-9-20-10-5-7-13-23(20)25(27)28/h5-8,10,12-18,26H,2-4,9,11H2,1H3,(H,27,28). The van der Waals surface area contributed by atoms with E-state index in [-0.39, 0.29) is 4.90 Å². The van der Waals surface area contributed by atoms with E-state index in [4.69, 9.17) is 0 Å². The van der Waals surface area contributed by atoms with E-state index in [9.17, 15) is 18.3 Å². The van der Waals surface area contributed by atoms with E-state index in [1.807, 2.05) is 37.3 Å². The highest BCUT2D eigenvalue weighted by atomic mass is 32.2. The maximum absolute atomic E-state index is 12.7. The maximum atomic E-state index is 12.7. The highest BCUT2D eigenvalue weighted by molar-refractivity contribution is 7.92. The third-order valence-electron chi connectivity index (χ3n) is 5.23. The molecule has 0 fully saturated rings. The Labute approximate surface area is 183 Å². The Hall–Kier alpha value is -3.12. The van der Waals surface area contributed by atoms with Crippen LogP contribution in [0.1, 0.15) is 46.3 Å². The van der Waals surface area contributed by atoms with E-state index >= 15 is 0 Å². The van der Waals surface area contributed by atoms with E-state index < -0.39 is 16.0 Å². The molecule has 31 heavy (non-hydrogen) atoms. The predicted molar refractivity (Wildman–Crippen MR) is 123 cm³/mol. The molecule has 0 atom stereocenters. The molecule has 0 heterocycles. The fourth-order valence-electron chi connectivity index (χ4n) is 3.51. The van der Waals surface area contributed by atoms with Crippen molar-refractivity contribution in [1.82, 2.24) is 0 Å². The van der Waals surface area contributed by atoms with Crippen LogP contribution in [-0.4, -0.2) is 19.5 Å². The number of sulfonamides is 1. The summed E-state index contributed by atoms with van der Waals surface area (Å²) in [7, 11) is -3.64. The molecular formula is C25H27NO4S. The summed E-state index contributed by atoms with van der Waals surface area (Å²) in [6.45, 7) is 1.92.